The molecule has 1 aliphatic heterocycles. The molecule has 16 heavy (non-hydrogen) atoms. The van der Waals surface area contributed by atoms with Crippen LogP contribution in [0.2, 0.25) is 0 Å². The van der Waals surface area contributed by atoms with Crippen molar-refractivity contribution >= 4 is 11.6 Å². The highest BCUT2D eigenvalue weighted by molar-refractivity contribution is 5.97. The van der Waals surface area contributed by atoms with Crippen LogP contribution >= 0.6 is 0 Å². The minimum Gasteiger partial charge on any atom is -0.312 e. The molecule has 1 amide bonds. The van der Waals surface area contributed by atoms with Gasteiger partial charge >= 0.3 is 0 Å². The van der Waals surface area contributed by atoms with Crippen LogP contribution < -0.4 is 4.90 Å². The zero-order valence-corrected chi connectivity index (χ0v) is 10.3. The quantitative estimate of drug-likeness (QED) is 0.745. The molecule has 0 fully saturated rings. The van der Waals surface area contributed by atoms with Crippen molar-refractivity contribution in [1.82, 2.24) is 0 Å². The third-order valence-corrected chi connectivity index (χ3v) is 3.27. The van der Waals surface area contributed by atoms with Crippen molar-refractivity contribution in [2.24, 2.45) is 0 Å². The van der Waals surface area contributed by atoms with Gasteiger partial charge in [0.2, 0.25) is 5.91 Å². The second-order valence-corrected chi connectivity index (χ2v) is 5.12. The van der Waals surface area contributed by atoms with Crippen LogP contribution in [0.3, 0.4) is 0 Å². The lowest BCUT2D eigenvalue weighted by Crippen LogP contribution is -2.42. The molecule has 0 saturated heterocycles. The molecule has 1 aromatic rings. The monoisotopic (exact) mass is 217 g/mol. The van der Waals surface area contributed by atoms with Crippen molar-refractivity contribution in [3.8, 4) is 0 Å². The fraction of sp³-hybridized carbons (Fsp3) is 0.500. The van der Waals surface area contributed by atoms with Gasteiger partial charge in [-0.2, -0.15) is 0 Å². The zero-order chi connectivity index (χ0) is 11.8. The van der Waals surface area contributed by atoms with Gasteiger partial charge < -0.3 is 4.90 Å². The van der Waals surface area contributed by atoms with Gasteiger partial charge in [-0.05, 0) is 18.1 Å². The van der Waals surface area contributed by atoms with Crippen LogP contribution in [0.25, 0.3) is 0 Å². The van der Waals surface area contributed by atoms with Crippen molar-refractivity contribution in [2.75, 3.05) is 11.4 Å². The topological polar surface area (TPSA) is 20.3 Å². The van der Waals surface area contributed by atoms with E-state index in [4.69, 9.17) is 0 Å². The molecule has 86 valence electrons. The molecule has 1 aliphatic rings. The van der Waals surface area contributed by atoms with E-state index in [2.05, 4.69) is 39.0 Å². The van der Waals surface area contributed by atoms with Gasteiger partial charge in [0.1, 0.15) is 0 Å². The van der Waals surface area contributed by atoms with Crippen LogP contribution in [0, 0.1) is 0 Å². The lowest BCUT2D eigenvalue weighted by atomic mass is 9.77. The number of carbonyl (C=O) groups is 1. The standard InChI is InChI=1S/C14H19NO/c1-4-9-15-12-8-6-5-7-11(12)14(2,3)10-13(15)16/h5-8H,4,9-10H2,1-3H3. The average Bonchev–Trinajstić information content (AvgIpc) is 2.24. The molecule has 1 aromatic carbocycles. The molecule has 0 saturated carbocycles. The predicted molar refractivity (Wildman–Crippen MR) is 66.7 cm³/mol. The first kappa shape index (κ1) is 11.2. The van der Waals surface area contributed by atoms with E-state index in [0.29, 0.717) is 6.42 Å². The third kappa shape index (κ3) is 1.73. The molecule has 2 rings (SSSR count). The number of fused-ring (bicyclic) bond motifs is 1. The molecule has 0 spiro atoms. The Hall–Kier alpha value is -1.31. The molecule has 0 aliphatic carbocycles. The van der Waals surface area contributed by atoms with Gasteiger partial charge in [-0.1, -0.05) is 39.0 Å². The summed E-state index contributed by atoms with van der Waals surface area (Å²) < 4.78 is 0. The second-order valence-electron chi connectivity index (χ2n) is 5.12. The number of hydrogen-bond donors (Lipinski definition) is 0. The van der Waals surface area contributed by atoms with Crippen molar-refractivity contribution in [1.29, 1.82) is 0 Å². The number of para-hydroxylation sites is 1. The lowest BCUT2D eigenvalue weighted by Gasteiger charge is -2.38. The van der Waals surface area contributed by atoms with E-state index in [1.54, 1.807) is 0 Å². The molecule has 0 atom stereocenters. The van der Waals surface area contributed by atoms with Gasteiger partial charge in [-0.15, -0.1) is 0 Å². The summed E-state index contributed by atoms with van der Waals surface area (Å²) in [7, 11) is 0. The average molecular weight is 217 g/mol. The summed E-state index contributed by atoms with van der Waals surface area (Å²) in [6, 6.07) is 8.27. The Morgan fingerprint density at radius 2 is 2.00 bits per heavy atom. The normalized spacial score (nSPS) is 18.4. The molecule has 0 unspecified atom stereocenters. The van der Waals surface area contributed by atoms with Gasteiger partial charge in [0.15, 0.2) is 0 Å². The van der Waals surface area contributed by atoms with E-state index in [9.17, 15) is 4.79 Å². The number of rotatable bonds is 2. The number of nitrogens with zero attached hydrogens (tertiary/aromatic N) is 1. The predicted octanol–water partition coefficient (Wildman–Crippen LogP) is 3.11. The number of benzene rings is 1. The Kier molecular flexibility index (Phi) is 2.75. The van der Waals surface area contributed by atoms with E-state index in [1.807, 2.05) is 11.0 Å². The summed E-state index contributed by atoms with van der Waals surface area (Å²) >= 11 is 0. The first-order valence-corrected chi connectivity index (χ1v) is 5.96. The van der Waals surface area contributed by atoms with Gasteiger partial charge in [-0.3, -0.25) is 4.79 Å². The first-order chi connectivity index (χ1) is 7.56. The molecule has 0 radical (unpaired) electrons. The largest absolute Gasteiger partial charge is 0.312 e. The first-order valence-electron chi connectivity index (χ1n) is 5.96. The van der Waals surface area contributed by atoms with Gasteiger partial charge in [0.05, 0.1) is 0 Å². The minimum absolute atomic E-state index is 0.0298. The molecule has 0 N–H and O–H groups in total. The number of amides is 1. The summed E-state index contributed by atoms with van der Waals surface area (Å²) in [6.07, 6.45) is 1.62. The zero-order valence-electron chi connectivity index (χ0n) is 10.3. The van der Waals surface area contributed by atoms with E-state index >= 15 is 0 Å². The molecule has 0 aromatic heterocycles. The summed E-state index contributed by atoms with van der Waals surface area (Å²) in [5, 5.41) is 0. The van der Waals surface area contributed by atoms with Crippen LogP contribution in [0.5, 0.6) is 0 Å². The summed E-state index contributed by atoms with van der Waals surface area (Å²) in [5.41, 5.74) is 2.37. The molecule has 1 heterocycles. The molecule has 2 heteroatoms. The summed E-state index contributed by atoms with van der Waals surface area (Å²) in [5.74, 6) is 0.255. The maximum absolute atomic E-state index is 12.1. The van der Waals surface area contributed by atoms with Crippen LogP contribution in [-0.2, 0) is 10.2 Å². The Morgan fingerprint density at radius 3 is 2.69 bits per heavy atom. The highest BCUT2D eigenvalue weighted by Crippen LogP contribution is 2.39. The van der Waals surface area contributed by atoms with Crippen LogP contribution in [0.1, 0.15) is 39.2 Å². The fourth-order valence-corrected chi connectivity index (χ4v) is 2.45. The minimum atomic E-state index is -0.0298. The van der Waals surface area contributed by atoms with Gasteiger partial charge in [0, 0.05) is 24.1 Å². The maximum atomic E-state index is 12.1. The SMILES string of the molecule is CCCN1C(=O)CC(C)(C)c2ccccc21. The highest BCUT2D eigenvalue weighted by Gasteiger charge is 2.35. The second kappa shape index (κ2) is 3.93. The molecule has 0 bridgehead atoms. The van der Waals surface area contributed by atoms with Crippen molar-refractivity contribution in [2.45, 2.75) is 39.0 Å². The van der Waals surface area contributed by atoms with Crippen molar-refractivity contribution in [3.63, 3.8) is 0 Å². The molecule has 2 nitrogen and oxygen atoms in total. The maximum Gasteiger partial charge on any atom is 0.227 e. The Labute approximate surface area is 97.3 Å². The van der Waals surface area contributed by atoms with Gasteiger partial charge in [0.25, 0.3) is 0 Å². The Balaban J connectivity index is 2.50. The smallest absolute Gasteiger partial charge is 0.227 e. The molecular formula is C14H19NO. The third-order valence-electron chi connectivity index (χ3n) is 3.27. The summed E-state index contributed by atoms with van der Waals surface area (Å²) in [6.45, 7) is 7.22. The fourth-order valence-electron chi connectivity index (χ4n) is 2.45. The van der Waals surface area contributed by atoms with Crippen LogP contribution in [0.4, 0.5) is 5.69 Å². The van der Waals surface area contributed by atoms with E-state index in [-0.39, 0.29) is 11.3 Å². The molecular weight excluding hydrogens is 198 g/mol. The highest BCUT2D eigenvalue weighted by atomic mass is 16.2. The van der Waals surface area contributed by atoms with E-state index in [1.165, 1.54) is 5.56 Å². The van der Waals surface area contributed by atoms with Crippen molar-refractivity contribution < 1.29 is 4.79 Å². The number of carbonyl (C=O) groups excluding carboxylic acids is 1. The van der Waals surface area contributed by atoms with Crippen LogP contribution in [0.15, 0.2) is 24.3 Å². The number of anilines is 1. The summed E-state index contributed by atoms with van der Waals surface area (Å²) in [4.78, 5) is 14.0. The van der Waals surface area contributed by atoms with E-state index in [0.717, 1.165) is 18.7 Å². The van der Waals surface area contributed by atoms with Gasteiger partial charge in [-0.25, -0.2) is 0 Å². The van der Waals surface area contributed by atoms with Crippen LogP contribution in [-0.4, -0.2) is 12.5 Å². The van der Waals surface area contributed by atoms with Crippen molar-refractivity contribution in [3.05, 3.63) is 29.8 Å². The van der Waals surface area contributed by atoms with E-state index < -0.39 is 0 Å². The number of hydrogen-bond acceptors (Lipinski definition) is 1. The Morgan fingerprint density at radius 1 is 1.31 bits per heavy atom. The Bertz CT molecular complexity index is 409. The lowest BCUT2D eigenvalue weighted by molar-refractivity contribution is -0.120.